The molecule has 4 saturated heterocycles. The second-order valence-corrected chi connectivity index (χ2v) is 22.4. The fourth-order valence-electron chi connectivity index (χ4n) is 11.7. The molecule has 9 heterocycles. The Hall–Kier alpha value is -7.43. The van der Waals surface area contributed by atoms with Crippen LogP contribution in [0.15, 0.2) is 83.1 Å². The number of nitrogens with one attached hydrogen (secondary N) is 1. The molecule has 1 saturated carbocycles. The molecule has 6 aromatic rings. The number of fused-ring (bicyclic) bond motifs is 2. The summed E-state index contributed by atoms with van der Waals surface area (Å²) >= 11 is 1.52. The summed E-state index contributed by atoms with van der Waals surface area (Å²) in [6.07, 6.45) is 7.84. The number of carbonyl (C=O) groups excluding carboxylic acids is 3. The Balaban J connectivity index is 0.611. The molecule has 5 fully saturated rings. The molecule has 410 valence electrons. The van der Waals surface area contributed by atoms with Gasteiger partial charge in [0.15, 0.2) is 18.2 Å². The van der Waals surface area contributed by atoms with E-state index in [2.05, 4.69) is 51.5 Å². The van der Waals surface area contributed by atoms with Crippen molar-refractivity contribution in [3.05, 3.63) is 95.6 Å². The summed E-state index contributed by atoms with van der Waals surface area (Å²) in [5.74, 6) is -0.601. The van der Waals surface area contributed by atoms with E-state index >= 15 is 0 Å². The first-order valence-electron chi connectivity index (χ1n) is 27.0. The maximum Gasteiger partial charge on any atom is 0.260 e. The van der Waals surface area contributed by atoms with E-state index < -0.39 is 24.1 Å². The molecular weight excluding hydrogens is 1020 g/mol. The monoisotopic (exact) mass is 1080 g/mol. The van der Waals surface area contributed by atoms with Crippen LogP contribution in [-0.4, -0.2) is 150 Å². The first-order chi connectivity index (χ1) is 37.7. The minimum Gasteiger partial charge on any atom is -0.507 e. The normalized spacial score (nSPS) is 23.1. The van der Waals surface area contributed by atoms with Gasteiger partial charge in [-0.25, -0.2) is 9.97 Å². The predicted molar refractivity (Wildman–Crippen MR) is 290 cm³/mol. The fourth-order valence-corrected chi connectivity index (χ4v) is 12.5. The molecule has 78 heavy (non-hydrogen) atoms. The number of aliphatic hydroxyl groups is 1. The summed E-state index contributed by atoms with van der Waals surface area (Å²) in [6, 6.07) is 17.7. The molecule has 2 unspecified atom stereocenters. The quantitative estimate of drug-likeness (QED) is 0.0807. The van der Waals surface area contributed by atoms with Crippen LogP contribution in [0.1, 0.15) is 94.7 Å². The average Bonchev–Trinajstić information content (AvgIpc) is 4.31. The zero-order valence-electron chi connectivity index (χ0n) is 44.2. The number of piperazine rings is 1. The highest BCUT2D eigenvalue weighted by molar-refractivity contribution is 7.13. The second kappa shape index (κ2) is 22.5. The molecular formula is C56H66N12O9S. The van der Waals surface area contributed by atoms with Crippen LogP contribution in [0.25, 0.3) is 21.8 Å². The van der Waals surface area contributed by atoms with Crippen LogP contribution in [0.2, 0.25) is 0 Å². The van der Waals surface area contributed by atoms with Crippen LogP contribution in [-0.2, 0) is 19.1 Å². The van der Waals surface area contributed by atoms with E-state index in [-0.39, 0.29) is 91.0 Å². The van der Waals surface area contributed by atoms with Gasteiger partial charge < -0.3 is 59.6 Å². The van der Waals surface area contributed by atoms with Crippen LogP contribution in [0.4, 0.5) is 17.2 Å². The van der Waals surface area contributed by atoms with Crippen molar-refractivity contribution in [2.75, 3.05) is 54.9 Å². The van der Waals surface area contributed by atoms with E-state index in [1.807, 2.05) is 70.3 Å². The van der Waals surface area contributed by atoms with Gasteiger partial charge in [-0.3, -0.25) is 19.4 Å². The Kier molecular flexibility index (Phi) is 15.2. The first-order valence-corrected chi connectivity index (χ1v) is 27.9. The number of aromatic nitrogens is 6. The molecule has 5 N–H and O–H groups in total. The number of pyridine rings is 2. The van der Waals surface area contributed by atoms with E-state index in [4.69, 9.17) is 24.5 Å². The molecule has 22 heteroatoms. The van der Waals surface area contributed by atoms with E-state index in [9.17, 15) is 24.6 Å². The Labute approximate surface area is 456 Å². The highest BCUT2D eigenvalue weighted by Gasteiger charge is 2.45. The van der Waals surface area contributed by atoms with Gasteiger partial charge in [0, 0.05) is 99.8 Å². The van der Waals surface area contributed by atoms with Crippen molar-refractivity contribution in [3.8, 4) is 39.3 Å². The number of hydrogen-bond donors (Lipinski definition) is 4. The molecule has 21 nitrogen and oxygen atoms in total. The number of anilines is 3. The van der Waals surface area contributed by atoms with Crippen LogP contribution in [0.5, 0.6) is 17.5 Å². The number of aromatic hydroxyl groups is 1. The number of ether oxygens (including phenoxy) is 3. The number of nitrogens with two attached hydrogens (primary N) is 1. The van der Waals surface area contributed by atoms with Crippen molar-refractivity contribution in [3.63, 3.8) is 0 Å². The van der Waals surface area contributed by atoms with E-state index in [0.29, 0.717) is 48.9 Å². The topological polar surface area (TPSA) is 261 Å². The van der Waals surface area contributed by atoms with Crippen molar-refractivity contribution in [2.45, 2.75) is 127 Å². The Morgan fingerprint density at radius 1 is 0.872 bits per heavy atom. The Morgan fingerprint density at radius 3 is 2.37 bits per heavy atom. The average molecular weight is 1080 g/mol. The summed E-state index contributed by atoms with van der Waals surface area (Å²) in [5, 5.41) is 36.8. The van der Waals surface area contributed by atoms with Crippen molar-refractivity contribution >= 4 is 46.3 Å². The maximum absolute atomic E-state index is 14.2. The third kappa shape index (κ3) is 11.1. The summed E-state index contributed by atoms with van der Waals surface area (Å²) in [5.41, 5.74) is 13.8. The number of hydrogen-bond acceptors (Lipinski definition) is 19. The summed E-state index contributed by atoms with van der Waals surface area (Å²) < 4.78 is 24.3. The number of nitrogens with zero attached hydrogens (tertiary/aromatic N) is 10. The standard InChI is InChI=1S/C56H66N12O9S/c1-31(2)52(56(73)67-28-38(69)20-46(67)55(72)61-32(3)34-9-12-43(59-25-34)53-33(4)60-30-78-53)48-24-50(64-77-48)74-29-51(71)65-17-14-39(15-18-65)75-40-21-41(22-40)76-49-19-35(13-16-58-49)68-36-10-11-37(68)27-66(26-36)45-23-44(62-63-54(45)57)42-7-5-6-8-47(42)70/h5-9,12-13,16,19,23-25,30-32,36-41,46,52,69-70H,10-11,14-15,17-18,20-22,26-29H2,1-4H3,(H2,57,63)(H,61,72)/t32-,36?,37?,38+,40?,41?,46-,52+/m0/s1. The summed E-state index contributed by atoms with van der Waals surface area (Å²) in [7, 11) is 0. The minimum absolute atomic E-state index is 0.00467. The van der Waals surface area contributed by atoms with Crippen molar-refractivity contribution in [2.24, 2.45) is 5.92 Å². The third-order valence-electron chi connectivity index (χ3n) is 15.9. The molecule has 3 amide bonds. The van der Waals surface area contributed by atoms with Crippen LogP contribution >= 0.6 is 11.3 Å². The number of aryl methyl sites for hydroxylation is 1. The lowest BCUT2D eigenvalue weighted by molar-refractivity contribution is -0.141. The van der Waals surface area contributed by atoms with Crippen molar-refractivity contribution in [1.29, 1.82) is 0 Å². The Morgan fingerprint density at radius 2 is 1.65 bits per heavy atom. The first kappa shape index (κ1) is 52.6. The van der Waals surface area contributed by atoms with Gasteiger partial charge in [-0.15, -0.1) is 21.5 Å². The molecule has 11 rings (SSSR count). The number of thiazole rings is 1. The van der Waals surface area contributed by atoms with E-state index in [0.717, 1.165) is 72.0 Å². The number of benzene rings is 1. The number of amides is 3. The zero-order valence-corrected chi connectivity index (χ0v) is 45.0. The molecule has 6 atom stereocenters. The van der Waals surface area contributed by atoms with Gasteiger partial charge in [0.05, 0.1) is 57.5 Å². The van der Waals surface area contributed by atoms with E-state index in [1.54, 1.807) is 28.7 Å². The van der Waals surface area contributed by atoms with Gasteiger partial charge in [0.1, 0.15) is 23.8 Å². The molecule has 0 spiro atoms. The van der Waals surface area contributed by atoms with E-state index in [1.165, 1.54) is 22.3 Å². The van der Waals surface area contributed by atoms with Gasteiger partial charge in [-0.05, 0) is 86.5 Å². The molecule has 2 bridgehead atoms. The lowest BCUT2D eigenvalue weighted by Crippen LogP contribution is -2.54. The molecule has 5 aromatic heterocycles. The minimum atomic E-state index is -0.898. The van der Waals surface area contributed by atoms with Gasteiger partial charge >= 0.3 is 0 Å². The smallest absolute Gasteiger partial charge is 0.260 e. The number of nitrogen functional groups attached to an aromatic ring is 1. The lowest BCUT2D eigenvalue weighted by Gasteiger charge is -2.43. The van der Waals surface area contributed by atoms with Gasteiger partial charge in [-0.1, -0.05) is 32.0 Å². The highest BCUT2D eigenvalue weighted by Crippen LogP contribution is 2.41. The number of carbonyl (C=O) groups is 3. The number of piperidine rings is 1. The van der Waals surface area contributed by atoms with Crippen LogP contribution in [0, 0.1) is 12.8 Å². The fraction of sp³-hybridized carbons (Fsp3) is 0.482. The number of likely N-dealkylation sites (tertiary alicyclic amines) is 2. The largest absolute Gasteiger partial charge is 0.507 e. The predicted octanol–water partition coefficient (Wildman–Crippen LogP) is 6.07. The number of aliphatic hydroxyl groups excluding tert-OH is 1. The molecule has 4 aliphatic heterocycles. The number of para-hydroxylation sites is 1. The van der Waals surface area contributed by atoms with Crippen molar-refractivity contribution in [1.82, 2.24) is 45.4 Å². The second-order valence-electron chi connectivity index (χ2n) is 21.6. The number of β-amino-alcohol motifs (C(OH)–C–C–N with tert-alkyl or cyclic N) is 1. The lowest BCUT2D eigenvalue weighted by atomic mass is 9.91. The number of phenolic OH excluding ortho intramolecular Hbond substituents is 1. The summed E-state index contributed by atoms with van der Waals surface area (Å²) in [6.45, 7) is 9.86. The summed E-state index contributed by atoms with van der Waals surface area (Å²) in [4.78, 5) is 63.7. The highest BCUT2D eigenvalue weighted by atomic mass is 32.1. The van der Waals surface area contributed by atoms with Crippen LogP contribution in [0.3, 0.4) is 0 Å². The molecule has 1 aliphatic carbocycles. The zero-order chi connectivity index (χ0) is 54.2. The van der Waals surface area contributed by atoms with Gasteiger partial charge in [-0.2, -0.15) is 0 Å². The number of phenols is 1. The number of rotatable bonds is 17. The molecule has 1 aromatic carbocycles. The molecule has 5 aliphatic rings. The van der Waals surface area contributed by atoms with Crippen LogP contribution < -0.4 is 30.3 Å². The SMILES string of the molecule is Cc1ncsc1-c1ccc([C@H](C)NC(=O)[C@@H]2C[C@@H](O)CN2C(=O)[C@@H](c2cc(OCC(=O)N3CCC(OC4CC(Oc5cc(N6C7CCC6CN(c6cc(-c8ccccc8O)nnc6N)C7)ccn5)C4)CC3)no2)C(C)C)cn1. The third-order valence-corrected chi connectivity index (χ3v) is 16.9. The Bertz CT molecular complexity index is 3090. The molecule has 0 radical (unpaired) electrons. The maximum atomic E-state index is 14.2. The van der Waals surface area contributed by atoms with Gasteiger partial charge in [0.2, 0.25) is 17.7 Å². The van der Waals surface area contributed by atoms with Crippen molar-refractivity contribution < 1.29 is 43.3 Å². The van der Waals surface area contributed by atoms with Gasteiger partial charge in [0.25, 0.3) is 11.8 Å².